The van der Waals surface area contributed by atoms with Crippen molar-refractivity contribution in [1.82, 2.24) is 0 Å². The molecule has 0 aromatic heterocycles. The van der Waals surface area contributed by atoms with Crippen LogP contribution in [0.25, 0.3) is 0 Å². The van der Waals surface area contributed by atoms with Gasteiger partial charge in [0.25, 0.3) is 0 Å². The molecule has 0 bridgehead atoms. The smallest absolute Gasteiger partial charge is 0.0838 e. The monoisotopic (exact) mass is 286 g/mol. The first kappa shape index (κ1) is 15.1. The molecular weight excluding hydrogens is 264 g/mol. The Hall–Kier alpha value is -1.27. The molecular formula is C19H23Cl. The molecule has 0 saturated carbocycles. The highest BCUT2D eigenvalue weighted by Gasteiger charge is 2.14. The molecule has 0 fully saturated rings. The standard InChI is InChI=1S/C19H23Cl/c1-5-15-9-10-17(12-16(15)6-2)19(20)18-11-13(3)7-8-14(18)4/h7-12,19H,5-6H2,1-4H3. The van der Waals surface area contributed by atoms with Crippen LogP contribution >= 0.6 is 11.6 Å². The summed E-state index contributed by atoms with van der Waals surface area (Å²) in [7, 11) is 0. The van der Waals surface area contributed by atoms with E-state index in [9.17, 15) is 0 Å². The van der Waals surface area contributed by atoms with Crippen LogP contribution in [0.4, 0.5) is 0 Å². The van der Waals surface area contributed by atoms with Gasteiger partial charge in [0.2, 0.25) is 0 Å². The van der Waals surface area contributed by atoms with Gasteiger partial charge in [-0.1, -0.05) is 55.8 Å². The van der Waals surface area contributed by atoms with Crippen molar-refractivity contribution in [3.8, 4) is 0 Å². The van der Waals surface area contributed by atoms with E-state index in [-0.39, 0.29) is 5.38 Å². The van der Waals surface area contributed by atoms with Gasteiger partial charge in [0.1, 0.15) is 0 Å². The minimum atomic E-state index is -0.0638. The summed E-state index contributed by atoms with van der Waals surface area (Å²) in [5, 5.41) is -0.0638. The SMILES string of the molecule is CCc1ccc(C(Cl)c2cc(C)ccc2C)cc1CC. The van der Waals surface area contributed by atoms with Crippen molar-refractivity contribution in [1.29, 1.82) is 0 Å². The Bertz CT molecular complexity index is 599. The summed E-state index contributed by atoms with van der Waals surface area (Å²) >= 11 is 6.73. The van der Waals surface area contributed by atoms with Crippen LogP contribution in [-0.2, 0) is 12.8 Å². The number of hydrogen-bond acceptors (Lipinski definition) is 0. The highest BCUT2D eigenvalue weighted by Crippen LogP contribution is 2.32. The maximum Gasteiger partial charge on any atom is 0.0838 e. The van der Waals surface area contributed by atoms with Crippen LogP contribution in [0.2, 0.25) is 0 Å². The first-order valence-corrected chi connectivity index (χ1v) is 7.83. The molecule has 0 amide bonds. The van der Waals surface area contributed by atoms with Gasteiger partial charge in [0.05, 0.1) is 5.38 Å². The number of hydrogen-bond donors (Lipinski definition) is 0. The van der Waals surface area contributed by atoms with Crippen molar-refractivity contribution in [2.24, 2.45) is 0 Å². The normalized spacial score (nSPS) is 12.4. The van der Waals surface area contributed by atoms with Crippen molar-refractivity contribution in [3.05, 3.63) is 69.8 Å². The van der Waals surface area contributed by atoms with Gasteiger partial charge in [0, 0.05) is 0 Å². The van der Waals surface area contributed by atoms with Crippen LogP contribution in [0.15, 0.2) is 36.4 Å². The molecule has 0 heterocycles. The largest absolute Gasteiger partial charge is 0.113 e. The summed E-state index contributed by atoms with van der Waals surface area (Å²) in [6.45, 7) is 8.66. The van der Waals surface area contributed by atoms with Crippen molar-refractivity contribution in [2.75, 3.05) is 0 Å². The second-order valence-corrected chi connectivity index (χ2v) is 5.89. The first-order chi connectivity index (χ1) is 9.56. The molecule has 0 nitrogen and oxygen atoms in total. The van der Waals surface area contributed by atoms with Gasteiger partial charge in [0.15, 0.2) is 0 Å². The molecule has 0 spiro atoms. The Morgan fingerprint density at radius 3 is 2.25 bits per heavy atom. The van der Waals surface area contributed by atoms with Gasteiger partial charge >= 0.3 is 0 Å². The Morgan fingerprint density at radius 2 is 1.60 bits per heavy atom. The molecule has 0 saturated heterocycles. The van der Waals surface area contributed by atoms with Crippen LogP contribution in [0, 0.1) is 13.8 Å². The molecule has 0 radical (unpaired) electrons. The van der Waals surface area contributed by atoms with Crippen LogP contribution < -0.4 is 0 Å². The lowest BCUT2D eigenvalue weighted by molar-refractivity contribution is 1.01. The van der Waals surface area contributed by atoms with E-state index in [1.807, 2.05) is 0 Å². The number of rotatable bonds is 4. The maximum absolute atomic E-state index is 6.73. The average molecular weight is 287 g/mol. The molecule has 2 aromatic carbocycles. The minimum Gasteiger partial charge on any atom is -0.113 e. The number of alkyl halides is 1. The van der Waals surface area contributed by atoms with E-state index in [1.165, 1.54) is 33.4 Å². The van der Waals surface area contributed by atoms with Crippen LogP contribution in [-0.4, -0.2) is 0 Å². The fourth-order valence-electron chi connectivity index (χ4n) is 2.69. The van der Waals surface area contributed by atoms with Crippen LogP contribution in [0.3, 0.4) is 0 Å². The summed E-state index contributed by atoms with van der Waals surface area (Å²) in [5.74, 6) is 0. The lowest BCUT2D eigenvalue weighted by Crippen LogP contribution is -2.00. The average Bonchev–Trinajstić information content (AvgIpc) is 2.48. The minimum absolute atomic E-state index is 0.0638. The molecule has 1 atom stereocenters. The molecule has 2 rings (SSSR count). The van der Waals surface area contributed by atoms with E-state index in [0.717, 1.165) is 12.8 Å². The zero-order valence-electron chi connectivity index (χ0n) is 12.8. The Morgan fingerprint density at radius 1 is 0.900 bits per heavy atom. The van der Waals surface area contributed by atoms with Gasteiger partial charge in [-0.05, 0) is 54.5 Å². The van der Waals surface area contributed by atoms with E-state index in [1.54, 1.807) is 0 Å². The maximum atomic E-state index is 6.73. The number of aryl methyl sites for hydroxylation is 4. The second kappa shape index (κ2) is 6.45. The van der Waals surface area contributed by atoms with Gasteiger partial charge in [-0.25, -0.2) is 0 Å². The molecule has 20 heavy (non-hydrogen) atoms. The third-order valence-electron chi connectivity index (χ3n) is 3.99. The molecule has 0 aliphatic heterocycles. The van der Waals surface area contributed by atoms with Crippen molar-refractivity contribution >= 4 is 11.6 Å². The van der Waals surface area contributed by atoms with Crippen molar-refractivity contribution < 1.29 is 0 Å². The highest BCUT2D eigenvalue weighted by molar-refractivity contribution is 6.22. The molecule has 106 valence electrons. The third kappa shape index (κ3) is 3.07. The van der Waals surface area contributed by atoms with Gasteiger partial charge in [-0.3, -0.25) is 0 Å². The summed E-state index contributed by atoms with van der Waals surface area (Å²) in [6, 6.07) is 13.2. The highest BCUT2D eigenvalue weighted by atomic mass is 35.5. The summed E-state index contributed by atoms with van der Waals surface area (Å²) in [4.78, 5) is 0. The Balaban J connectivity index is 2.42. The summed E-state index contributed by atoms with van der Waals surface area (Å²) in [5.41, 5.74) is 7.79. The topological polar surface area (TPSA) is 0 Å². The first-order valence-electron chi connectivity index (χ1n) is 7.39. The summed E-state index contributed by atoms with van der Waals surface area (Å²) < 4.78 is 0. The van der Waals surface area contributed by atoms with E-state index in [4.69, 9.17) is 11.6 Å². The third-order valence-corrected chi connectivity index (χ3v) is 4.48. The van der Waals surface area contributed by atoms with Gasteiger partial charge in [-0.2, -0.15) is 0 Å². The molecule has 0 aliphatic carbocycles. The fourth-order valence-corrected chi connectivity index (χ4v) is 3.06. The van der Waals surface area contributed by atoms with Crippen LogP contribution in [0.5, 0.6) is 0 Å². The van der Waals surface area contributed by atoms with E-state index < -0.39 is 0 Å². The summed E-state index contributed by atoms with van der Waals surface area (Å²) in [6.07, 6.45) is 2.15. The van der Waals surface area contributed by atoms with E-state index in [2.05, 4.69) is 64.1 Å². The van der Waals surface area contributed by atoms with Crippen molar-refractivity contribution in [2.45, 2.75) is 45.9 Å². The lowest BCUT2D eigenvalue weighted by Gasteiger charge is -2.16. The van der Waals surface area contributed by atoms with E-state index in [0.29, 0.717) is 0 Å². The van der Waals surface area contributed by atoms with E-state index >= 15 is 0 Å². The molecule has 1 unspecified atom stereocenters. The zero-order chi connectivity index (χ0) is 14.7. The van der Waals surface area contributed by atoms with Gasteiger partial charge < -0.3 is 0 Å². The second-order valence-electron chi connectivity index (χ2n) is 5.46. The quantitative estimate of drug-likeness (QED) is 0.627. The number of halogens is 1. The predicted molar refractivity (Wildman–Crippen MR) is 88.8 cm³/mol. The van der Waals surface area contributed by atoms with Crippen LogP contribution in [0.1, 0.15) is 52.6 Å². The van der Waals surface area contributed by atoms with Crippen molar-refractivity contribution in [3.63, 3.8) is 0 Å². The molecule has 0 aliphatic rings. The number of benzene rings is 2. The molecule has 2 aromatic rings. The molecule has 1 heteroatoms. The van der Waals surface area contributed by atoms with Gasteiger partial charge in [-0.15, -0.1) is 11.6 Å². The molecule has 0 N–H and O–H groups in total. The Labute approximate surface area is 127 Å². The lowest BCUT2D eigenvalue weighted by atomic mass is 9.94. The predicted octanol–water partition coefficient (Wildman–Crippen LogP) is 5.76. The Kier molecular flexibility index (Phi) is 4.88. The fraction of sp³-hybridized carbons (Fsp3) is 0.368. The zero-order valence-corrected chi connectivity index (χ0v) is 13.6.